The third-order valence-corrected chi connectivity index (χ3v) is 2.81. The van der Waals surface area contributed by atoms with E-state index in [0.29, 0.717) is 12.8 Å². The van der Waals surface area contributed by atoms with Crippen LogP contribution in [-0.4, -0.2) is 29.0 Å². The lowest BCUT2D eigenvalue weighted by atomic mass is 9.97. The molecule has 0 aromatic heterocycles. The van der Waals surface area contributed by atoms with Crippen LogP contribution in [0, 0.1) is 0 Å². The van der Waals surface area contributed by atoms with Crippen LogP contribution in [0.25, 0.3) is 0 Å². The van der Waals surface area contributed by atoms with Crippen LogP contribution in [0.1, 0.15) is 45.4 Å². The van der Waals surface area contributed by atoms with Gasteiger partial charge in [0.1, 0.15) is 6.10 Å². The standard InChI is InChI=1S/C11H17F3O3/c1-10(16,7-11(12,13)14)9(15)17-8-5-3-2-4-6-8/h8,16H,2-7H2,1H3. The molecule has 0 aromatic carbocycles. The summed E-state index contributed by atoms with van der Waals surface area (Å²) in [6.07, 6.45) is -2.34. The quantitative estimate of drug-likeness (QED) is 0.787. The zero-order valence-corrected chi connectivity index (χ0v) is 9.72. The lowest BCUT2D eigenvalue weighted by Crippen LogP contribution is -2.43. The Bertz CT molecular complexity index is 268. The number of rotatable bonds is 3. The Labute approximate surface area is 97.9 Å². The van der Waals surface area contributed by atoms with Crippen molar-refractivity contribution < 1.29 is 27.8 Å². The predicted molar refractivity (Wildman–Crippen MR) is 54.3 cm³/mol. The Kier molecular flexibility index (Phi) is 4.41. The minimum Gasteiger partial charge on any atom is -0.460 e. The Balaban J connectivity index is 2.49. The van der Waals surface area contributed by atoms with Crippen LogP contribution in [0.4, 0.5) is 13.2 Å². The fourth-order valence-corrected chi connectivity index (χ4v) is 1.92. The van der Waals surface area contributed by atoms with E-state index < -0.39 is 24.2 Å². The SMILES string of the molecule is CC(O)(CC(F)(F)F)C(=O)OC1CCCCC1. The average molecular weight is 254 g/mol. The lowest BCUT2D eigenvalue weighted by Gasteiger charge is -2.27. The van der Waals surface area contributed by atoms with Crippen LogP contribution in [0.15, 0.2) is 0 Å². The number of ether oxygens (including phenoxy) is 1. The van der Waals surface area contributed by atoms with E-state index in [9.17, 15) is 23.1 Å². The van der Waals surface area contributed by atoms with Gasteiger partial charge in [0.05, 0.1) is 6.42 Å². The van der Waals surface area contributed by atoms with E-state index in [2.05, 4.69) is 0 Å². The Hall–Kier alpha value is -0.780. The fourth-order valence-electron chi connectivity index (χ4n) is 1.92. The molecular weight excluding hydrogens is 237 g/mol. The topological polar surface area (TPSA) is 46.5 Å². The van der Waals surface area contributed by atoms with Gasteiger partial charge in [-0.25, -0.2) is 4.79 Å². The van der Waals surface area contributed by atoms with Gasteiger partial charge in [0, 0.05) is 0 Å². The second kappa shape index (κ2) is 5.25. The van der Waals surface area contributed by atoms with Gasteiger partial charge in [-0.1, -0.05) is 6.42 Å². The van der Waals surface area contributed by atoms with Crippen molar-refractivity contribution >= 4 is 5.97 Å². The molecule has 0 amide bonds. The van der Waals surface area contributed by atoms with Gasteiger partial charge < -0.3 is 9.84 Å². The van der Waals surface area contributed by atoms with Gasteiger partial charge in [-0.2, -0.15) is 13.2 Å². The molecule has 1 N–H and O–H groups in total. The molecule has 0 radical (unpaired) electrons. The first-order chi connectivity index (χ1) is 7.71. The van der Waals surface area contributed by atoms with Crippen LogP contribution in [0.3, 0.4) is 0 Å². The summed E-state index contributed by atoms with van der Waals surface area (Å²) in [4.78, 5) is 11.4. The van der Waals surface area contributed by atoms with Crippen molar-refractivity contribution in [2.45, 2.75) is 63.3 Å². The number of carbonyl (C=O) groups excluding carboxylic acids is 1. The van der Waals surface area contributed by atoms with Crippen LogP contribution in [0.5, 0.6) is 0 Å². The zero-order valence-electron chi connectivity index (χ0n) is 9.72. The van der Waals surface area contributed by atoms with E-state index in [-0.39, 0.29) is 6.10 Å². The van der Waals surface area contributed by atoms with E-state index >= 15 is 0 Å². The number of aliphatic hydroxyl groups is 1. The molecular formula is C11H17F3O3. The van der Waals surface area contributed by atoms with E-state index in [1.165, 1.54) is 0 Å². The summed E-state index contributed by atoms with van der Waals surface area (Å²) in [5.41, 5.74) is -2.49. The van der Waals surface area contributed by atoms with E-state index in [0.717, 1.165) is 26.2 Å². The second-order valence-electron chi connectivity index (χ2n) is 4.73. The molecule has 3 nitrogen and oxygen atoms in total. The summed E-state index contributed by atoms with van der Waals surface area (Å²) >= 11 is 0. The summed E-state index contributed by atoms with van der Waals surface area (Å²) in [5, 5.41) is 9.45. The van der Waals surface area contributed by atoms with Crippen molar-refractivity contribution in [2.24, 2.45) is 0 Å². The molecule has 0 aromatic rings. The normalized spacial score (nSPS) is 21.9. The van der Waals surface area contributed by atoms with Gasteiger partial charge in [0.25, 0.3) is 0 Å². The third-order valence-electron chi connectivity index (χ3n) is 2.81. The molecule has 1 unspecified atom stereocenters. The average Bonchev–Trinajstić information content (AvgIpc) is 2.15. The zero-order chi connectivity index (χ0) is 13.1. The smallest absolute Gasteiger partial charge is 0.392 e. The van der Waals surface area contributed by atoms with Gasteiger partial charge in [-0.15, -0.1) is 0 Å². The molecule has 0 bridgehead atoms. The largest absolute Gasteiger partial charge is 0.460 e. The molecule has 0 spiro atoms. The number of halogens is 3. The van der Waals surface area contributed by atoms with Crippen molar-refractivity contribution in [1.29, 1.82) is 0 Å². The summed E-state index contributed by atoms with van der Waals surface area (Å²) in [5.74, 6) is -1.18. The minimum atomic E-state index is -4.59. The summed E-state index contributed by atoms with van der Waals surface area (Å²) in [7, 11) is 0. The first-order valence-electron chi connectivity index (χ1n) is 5.71. The summed E-state index contributed by atoms with van der Waals surface area (Å²) < 4.78 is 41.3. The highest BCUT2D eigenvalue weighted by atomic mass is 19.4. The number of hydrogen-bond donors (Lipinski definition) is 1. The van der Waals surface area contributed by atoms with E-state index in [1.807, 2.05) is 0 Å². The monoisotopic (exact) mass is 254 g/mol. The highest BCUT2D eigenvalue weighted by molar-refractivity contribution is 5.78. The van der Waals surface area contributed by atoms with Crippen LogP contribution < -0.4 is 0 Å². The molecule has 100 valence electrons. The summed E-state index contributed by atoms with van der Waals surface area (Å²) in [6.45, 7) is 0.839. The Morgan fingerprint density at radius 3 is 2.29 bits per heavy atom. The minimum absolute atomic E-state index is 0.351. The van der Waals surface area contributed by atoms with E-state index in [1.54, 1.807) is 0 Å². The lowest BCUT2D eigenvalue weighted by molar-refractivity contribution is -0.199. The second-order valence-corrected chi connectivity index (χ2v) is 4.73. The highest BCUT2D eigenvalue weighted by Gasteiger charge is 2.44. The molecule has 1 aliphatic rings. The highest BCUT2D eigenvalue weighted by Crippen LogP contribution is 2.29. The third kappa shape index (κ3) is 4.93. The van der Waals surface area contributed by atoms with Crippen molar-refractivity contribution in [3.05, 3.63) is 0 Å². The molecule has 1 fully saturated rings. The van der Waals surface area contributed by atoms with Crippen molar-refractivity contribution in [2.75, 3.05) is 0 Å². The van der Waals surface area contributed by atoms with Crippen LogP contribution in [0.2, 0.25) is 0 Å². The van der Waals surface area contributed by atoms with Gasteiger partial charge in [-0.05, 0) is 32.6 Å². The molecule has 1 atom stereocenters. The summed E-state index contributed by atoms with van der Waals surface area (Å²) in [6, 6.07) is 0. The molecule has 17 heavy (non-hydrogen) atoms. The Morgan fingerprint density at radius 1 is 1.29 bits per heavy atom. The van der Waals surface area contributed by atoms with Crippen molar-refractivity contribution in [1.82, 2.24) is 0 Å². The molecule has 1 aliphatic carbocycles. The maximum atomic E-state index is 12.1. The van der Waals surface area contributed by atoms with Crippen LogP contribution >= 0.6 is 0 Å². The first-order valence-corrected chi connectivity index (χ1v) is 5.71. The van der Waals surface area contributed by atoms with Crippen LogP contribution in [-0.2, 0) is 9.53 Å². The molecule has 1 rings (SSSR count). The fraction of sp³-hybridized carbons (Fsp3) is 0.909. The van der Waals surface area contributed by atoms with Crippen molar-refractivity contribution in [3.63, 3.8) is 0 Å². The predicted octanol–water partition coefficient (Wildman–Crippen LogP) is 2.57. The number of alkyl halides is 3. The molecule has 1 saturated carbocycles. The van der Waals surface area contributed by atoms with Gasteiger partial charge >= 0.3 is 12.1 Å². The number of esters is 1. The van der Waals surface area contributed by atoms with Gasteiger partial charge in [0.15, 0.2) is 5.60 Å². The van der Waals surface area contributed by atoms with Gasteiger partial charge in [0.2, 0.25) is 0 Å². The molecule has 0 aliphatic heterocycles. The number of hydrogen-bond acceptors (Lipinski definition) is 3. The van der Waals surface area contributed by atoms with Crippen molar-refractivity contribution in [3.8, 4) is 0 Å². The van der Waals surface area contributed by atoms with Gasteiger partial charge in [-0.3, -0.25) is 0 Å². The maximum absolute atomic E-state index is 12.1. The molecule has 0 saturated heterocycles. The molecule has 0 heterocycles. The molecule has 6 heteroatoms. The number of carbonyl (C=O) groups is 1. The maximum Gasteiger partial charge on any atom is 0.392 e. The van der Waals surface area contributed by atoms with E-state index in [4.69, 9.17) is 4.74 Å². The first kappa shape index (κ1) is 14.3. The Morgan fingerprint density at radius 2 is 1.82 bits per heavy atom.